The number of amides is 2. The largest absolute Gasteiger partial charge is 0.508 e. The molecule has 47 heavy (non-hydrogen) atoms. The average molecular weight is 642 g/mol. The van der Waals surface area contributed by atoms with Gasteiger partial charge in [0.25, 0.3) is 5.91 Å². The van der Waals surface area contributed by atoms with Gasteiger partial charge in [-0.2, -0.15) is 0 Å². The van der Waals surface area contributed by atoms with Crippen molar-refractivity contribution in [3.8, 4) is 17.2 Å². The maximum absolute atomic E-state index is 12.7. The molecule has 0 heterocycles. The SMILES string of the molecule is COc1ccc(CNC(=O)c2ccc(CNC(=O)Cc3cccc(C[C@@H](C)NC[C@@H](O)c4ccc(O)c(CO)c4)c3)cc2)cc1OC. The van der Waals surface area contributed by atoms with Gasteiger partial charge in [0.15, 0.2) is 11.5 Å². The summed E-state index contributed by atoms with van der Waals surface area (Å²) in [6.45, 7) is 2.71. The lowest BCUT2D eigenvalue weighted by molar-refractivity contribution is -0.120. The first-order valence-electron chi connectivity index (χ1n) is 15.5. The zero-order chi connectivity index (χ0) is 33.8. The van der Waals surface area contributed by atoms with E-state index in [1.165, 1.54) is 6.07 Å². The van der Waals surface area contributed by atoms with Crippen molar-refractivity contribution in [1.82, 2.24) is 16.0 Å². The number of hydrogen-bond acceptors (Lipinski definition) is 8. The van der Waals surface area contributed by atoms with Crippen LogP contribution in [0.3, 0.4) is 0 Å². The Morgan fingerprint density at radius 1 is 0.787 bits per heavy atom. The molecule has 10 heteroatoms. The second-order valence-corrected chi connectivity index (χ2v) is 11.4. The predicted molar refractivity (Wildman–Crippen MR) is 179 cm³/mol. The van der Waals surface area contributed by atoms with Gasteiger partial charge in [-0.15, -0.1) is 0 Å². The van der Waals surface area contributed by atoms with E-state index in [0.717, 1.165) is 22.3 Å². The maximum Gasteiger partial charge on any atom is 0.251 e. The van der Waals surface area contributed by atoms with Crippen LogP contribution < -0.4 is 25.4 Å². The Morgan fingerprint density at radius 3 is 2.21 bits per heavy atom. The van der Waals surface area contributed by atoms with Crippen molar-refractivity contribution in [2.75, 3.05) is 20.8 Å². The van der Waals surface area contributed by atoms with Crippen LogP contribution in [0.5, 0.6) is 17.2 Å². The smallest absolute Gasteiger partial charge is 0.251 e. The zero-order valence-electron chi connectivity index (χ0n) is 27.0. The number of nitrogens with one attached hydrogen (secondary N) is 3. The van der Waals surface area contributed by atoms with Gasteiger partial charge in [0.1, 0.15) is 5.75 Å². The van der Waals surface area contributed by atoms with Crippen LogP contribution in [0.4, 0.5) is 0 Å². The van der Waals surface area contributed by atoms with Gasteiger partial charge in [-0.3, -0.25) is 9.59 Å². The van der Waals surface area contributed by atoms with E-state index in [-0.39, 0.29) is 36.6 Å². The number of phenols is 1. The number of ether oxygens (including phenoxy) is 2. The van der Waals surface area contributed by atoms with E-state index in [0.29, 0.717) is 54.2 Å². The third-order valence-corrected chi connectivity index (χ3v) is 7.82. The third-order valence-electron chi connectivity index (χ3n) is 7.82. The quantitative estimate of drug-likeness (QED) is 0.108. The molecule has 0 aromatic heterocycles. The Balaban J connectivity index is 1.20. The number of hydrogen-bond donors (Lipinski definition) is 6. The molecule has 4 aromatic carbocycles. The Bertz CT molecular complexity index is 1640. The highest BCUT2D eigenvalue weighted by Crippen LogP contribution is 2.27. The van der Waals surface area contributed by atoms with Crippen LogP contribution in [0, 0.1) is 0 Å². The number of aromatic hydroxyl groups is 1. The number of carbonyl (C=O) groups is 2. The summed E-state index contributed by atoms with van der Waals surface area (Å²) in [5.41, 5.74) is 5.23. The molecular formula is C37H43N3O7. The summed E-state index contributed by atoms with van der Waals surface area (Å²) in [7, 11) is 3.14. The van der Waals surface area contributed by atoms with Crippen LogP contribution in [0.15, 0.2) is 84.9 Å². The van der Waals surface area contributed by atoms with Gasteiger partial charge in [-0.25, -0.2) is 0 Å². The van der Waals surface area contributed by atoms with Gasteiger partial charge in [0.2, 0.25) is 5.91 Å². The molecule has 0 unspecified atom stereocenters. The van der Waals surface area contributed by atoms with Gasteiger partial charge < -0.3 is 40.7 Å². The second-order valence-electron chi connectivity index (χ2n) is 11.4. The lowest BCUT2D eigenvalue weighted by Gasteiger charge is -2.18. The molecule has 248 valence electrons. The van der Waals surface area contributed by atoms with E-state index in [1.54, 1.807) is 44.6 Å². The minimum Gasteiger partial charge on any atom is -0.508 e. The topological polar surface area (TPSA) is 149 Å². The van der Waals surface area contributed by atoms with Crippen LogP contribution in [-0.2, 0) is 37.3 Å². The molecule has 4 rings (SSSR count). The molecule has 0 fully saturated rings. The third kappa shape index (κ3) is 10.3. The average Bonchev–Trinajstić information content (AvgIpc) is 3.09. The van der Waals surface area contributed by atoms with E-state index in [2.05, 4.69) is 16.0 Å². The molecule has 2 amide bonds. The van der Waals surface area contributed by atoms with Crippen LogP contribution in [-0.4, -0.2) is 53.9 Å². The minimum absolute atomic E-state index is 0.00178. The lowest BCUT2D eigenvalue weighted by atomic mass is 10.0. The van der Waals surface area contributed by atoms with Crippen molar-refractivity contribution in [2.45, 2.75) is 51.6 Å². The van der Waals surface area contributed by atoms with Crippen LogP contribution in [0.1, 0.15) is 56.8 Å². The Kier molecular flexibility index (Phi) is 12.7. The van der Waals surface area contributed by atoms with E-state index >= 15 is 0 Å². The fraction of sp³-hybridized carbons (Fsp3) is 0.297. The Labute approximate surface area is 275 Å². The molecule has 2 atom stereocenters. The van der Waals surface area contributed by atoms with Crippen molar-refractivity contribution < 1.29 is 34.4 Å². The van der Waals surface area contributed by atoms with Crippen LogP contribution in [0.2, 0.25) is 0 Å². The molecule has 0 aliphatic rings. The highest BCUT2D eigenvalue weighted by molar-refractivity contribution is 5.94. The Morgan fingerprint density at radius 2 is 1.49 bits per heavy atom. The summed E-state index contributed by atoms with van der Waals surface area (Å²) in [4.78, 5) is 25.4. The fourth-order valence-corrected chi connectivity index (χ4v) is 5.16. The first-order chi connectivity index (χ1) is 22.7. The van der Waals surface area contributed by atoms with Crippen molar-refractivity contribution in [2.24, 2.45) is 0 Å². The molecule has 0 bridgehead atoms. The molecule has 0 spiro atoms. The molecule has 4 aromatic rings. The van der Waals surface area contributed by atoms with Gasteiger partial charge in [-0.1, -0.05) is 48.5 Å². The molecule has 0 aliphatic carbocycles. The summed E-state index contributed by atoms with van der Waals surface area (Å²) in [5.74, 6) is 0.908. The minimum atomic E-state index is -0.790. The van der Waals surface area contributed by atoms with Crippen molar-refractivity contribution in [3.05, 3.63) is 124 Å². The molecule has 6 N–H and O–H groups in total. The number of rotatable bonds is 16. The van der Waals surface area contributed by atoms with Crippen LogP contribution in [0.25, 0.3) is 0 Å². The van der Waals surface area contributed by atoms with Gasteiger partial charge in [0, 0.05) is 36.8 Å². The molecular weight excluding hydrogens is 598 g/mol. The molecule has 0 saturated heterocycles. The fourth-order valence-electron chi connectivity index (χ4n) is 5.16. The molecule has 0 aliphatic heterocycles. The number of benzene rings is 4. The first kappa shape index (κ1) is 35.0. The Hall–Kier alpha value is -4.90. The van der Waals surface area contributed by atoms with E-state index in [1.807, 2.05) is 55.5 Å². The standard InChI is InChI=1S/C37H43N3O7/c1-24(38-22-33(43)30-12-13-32(42)31(19-30)23-41)15-26-5-4-6-27(16-26)18-36(44)39-20-25-7-10-29(11-8-25)37(45)40-21-28-9-14-34(46-2)35(17-28)47-3/h4-14,16-17,19,24,33,38,41-43H,15,18,20-23H2,1-3H3,(H,39,44)(H,40,45)/t24-,33-/m1/s1. The highest BCUT2D eigenvalue weighted by Gasteiger charge is 2.13. The lowest BCUT2D eigenvalue weighted by Crippen LogP contribution is -2.32. The van der Waals surface area contributed by atoms with Crippen molar-refractivity contribution in [1.29, 1.82) is 0 Å². The van der Waals surface area contributed by atoms with E-state index in [4.69, 9.17) is 9.47 Å². The molecule has 0 saturated carbocycles. The van der Waals surface area contributed by atoms with E-state index < -0.39 is 6.10 Å². The molecule has 0 radical (unpaired) electrons. The number of aliphatic hydroxyl groups excluding tert-OH is 2. The first-order valence-corrected chi connectivity index (χ1v) is 15.5. The summed E-state index contributed by atoms with van der Waals surface area (Å²) in [6, 6.07) is 25.2. The summed E-state index contributed by atoms with van der Waals surface area (Å²) >= 11 is 0. The number of carbonyl (C=O) groups excluding carboxylic acids is 2. The summed E-state index contributed by atoms with van der Waals surface area (Å²) in [5, 5.41) is 38.8. The predicted octanol–water partition coefficient (Wildman–Crippen LogP) is 3.94. The number of aliphatic hydroxyl groups is 2. The molecule has 10 nitrogen and oxygen atoms in total. The van der Waals surface area contributed by atoms with Gasteiger partial charge >= 0.3 is 0 Å². The van der Waals surface area contributed by atoms with Crippen molar-refractivity contribution in [3.63, 3.8) is 0 Å². The van der Waals surface area contributed by atoms with E-state index in [9.17, 15) is 24.9 Å². The van der Waals surface area contributed by atoms with Gasteiger partial charge in [0.05, 0.1) is 33.4 Å². The number of methoxy groups -OCH3 is 2. The summed E-state index contributed by atoms with van der Waals surface area (Å²) in [6.07, 6.45) is 0.148. The zero-order valence-corrected chi connectivity index (χ0v) is 27.0. The van der Waals surface area contributed by atoms with Crippen molar-refractivity contribution >= 4 is 11.8 Å². The maximum atomic E-state index is 12.7. The van der Waals surface area contributed by atoms with Crippen LogP contribution >= 0.6 is 0 Å². The monoisotopic (exact) mass is 641 g/mol. The second kappa shape index (κ2) is 17.1. The van der Waals surface area contributed by atoms with Gasteiger partial charge in [-0.05, 0) is 77.6 Å². The highest BCUT2D eigenvalue weighted by atomic mass is 16.5. The normalized spacial score (nSPS) is 12.2. The summed E-state index contributed by atoms with van der Waals surface area (Å²) < 4.78 is 10.6.